The number of piperidine rings is 1. The van der Waals surface area contributed by atoms with Gasteiger partial charge < -0.3 is 15.4 Å². The fourth-order valence-electron chi connectivity index (χ4n) is 2.89. The van der Waals surface area contributed by atoms with Gasteiger partial charge in [0.1, 0.15) is 10.7 Å². The van der Waals surface area contributed by atoms with Gasteiger partial charge in [0.15, 0.2) is 6.61 Å². The van der Waals surface area contributed by atoms with Crippen LogP contribution < -0.4 is 10.5 Å². The number of carbonyl (C=O) groups excluding carboxylic acids is 1. The van der Waals surface area contributed by atoms with Crippen LogP contribution in [-0.4, -0.2) is 35.5 Å². The summed E-state index contributed by atoms with van der Waals surface area (Å²) in [5.74, 6) is 1.67. The first-order valence-corrected chi connectivity index (χ1v) is 7.67. The van der Waals surface area contributed by atoms with Crippen molar-refractivity contribution in [1.82, 2.24) is 4.90 Å². The van der Waals surface area contributed by atoms with Crippen molar-refractivity contribution >= 4 is 23.1 Å². The molecule has 114 valence electrons. The Labute approximate surface area is 131 Å². The first-order valence-electron chi connectivity index (χ1n) is 7.26. The second-order valence-corrected chi connectivity index (χ2v) is 6.33. The molecule has 1 aromatic carbocycles. The molecule has 2 unspecified atom stereocenters. The van der Waals surface area contributed by atoms with Crippen LogP contribution in [-0.2, 0) is 4.79 Å². The molecule has 2 rings (SSSR count). The number of likely N-dealkylation sites (tertiary alicyclic amines) is 1. The quantitative estimate of drug-likeness (QED) is 0.867. The number of hydrogen-bond acceptors (Lipinski definition) is 3. The smallest absolute Gasteiger partial charge is 0.260 e. The van der Waals surface area contributed by atoms with E-state index in [1.807, 2.05) is 17.0 Å². The monoisotopic (exact) mass is 306 g/mol. The van der Waals surface area contributed by atoms with Gasteiger partial charge in [-0.1, -0.05) is 38.2 Å². The average molecular weight is 306 g/mol. The third-order valence-corrected chi connectivity index (χ3v) is 3.95. The molecule has 1 aromatic rings. The van der Waals surface area contributed by atoms with Crippen LogP contribution in [0.5, 0.6) is 5.75 Å². The van der Waals surface area contributed by atoms with Gasteiger partial charge in [-0.3, -0.25) is 4.79 Å². The van der Waals surface area contributed by atoms with Gasteiger partial charge in [0.25, 0.3) is 5.91 Å². The molecule has 0 radical (unpaired) electrons. The Morgan fingerprint density at radius 1 is 1.33 bits per heavy atom. The first-order chi connectivity index (χ1) is 9.97. The molecule has 1 amide bonds. The number of amides is 1. The van der Waals surface area contributed by atoms with E-state index in [1.54, 1.807) is 12.1 Å². The van der Waals surface area contributed by atoms with Crippen molar-refractivity contribution in [2.24, 2.45) is 17.6 Å². The van der Waals surface area contributed by atoms with E-state index in [9.17, 15) is 4.79 Å². The molecular formula is C16H22N2O2S. The Hall–Kier alpha value is -1.62. The summed E-state index contributed by atoms with van der Waals surface area (Å²) in [6.45, 7) is 6.00. The zero-order valence-corrected chi connectivity index (χ0v) is 13.4. The molecule has 0 saturated carbocycles. The van der Waals surface area contributed by atoms with Gasteiger partial charge in [-0.15, -0.1) is 0 Å². The number of hydrogen-bond donors (Lipinski definition) is 1. The third kappa shape index (κ3) is 4.17. The Morgan fingerprint density at radius 2 is 1.95 bits per heavy atom. The summed E-state index contributed by atoms with van der Waals surface area (Å²) in [5.41, 5.74) is 6.32. The third-order valence-electron chi connectivity index (χ3n) is 3.73. The van der Waals surface area contributed by atoms with Crippen LogP contribution in [0, 0.1) is 11.8 Å². The van der Waals surface area contributed by atoms with Gasteiger partial charge in [-0.2, -0.15) is 0 Å². The van der Waals surface area contributed by atoms with Crippen molar-refractivity contribution in [3.63, 3.8) is 0 Å². The van der Waals surface area contributed by atoms with E-state index >= 15 is 0 Å². The highest BCUT2D eigenvalue weighted by Crippen LogP contribution is 2.22. The zero-order valence-electron chi connectivity index (χ0n) is 12.5. The number of benzene rings is 1. The Kier molecular flexibility index (Phi) is 5.17. The molecule has 1 aliphatic heterocycles. The van der Waals surface area contributed by atoms with Crippen molar-refractivity contribution in [3.05, 3.63) is 29.8 Å². The lowest BCUT2D eigenvalue weighted by Gasteiger charge is -2.34. The van der Waals surface area contributed by atoms with Crippen LogP contribution in [0.25, 0.3) is 0 Å². The number of thiocarbonyl (C=S) groups is 1. The van der Waals surface area contributed by atoms with Crippen LogP contribution in [0.4, 0.5) is 0 Å². The van der Waals surface area contributed by atoms with Crippen molar-refractivity contribution in [3.8, 4) is 5.75 Å². The highest BCUT2D eigenvalue weighted by molar-refractivity contribution is 7.80. The Morgan fingerprint density at radius 3 is 2.57 bits per heavy atom. The normalized spacial score (nSPS) is 21.9. The van der Waals surface area contributed by atoms with E-state index in [2.05, 4.69) is 13.8 Å². The molecule has 0 bridgehead atoms. The van der Waals surface area contributed by atoms with Crippen molar-refractivity contribution in [1.29, 1.82) is 0 Å². The van der Waals surface area contributed by atoms with Crippen LogP contribution in [0.3, 0.4) is 0 Å². The standard InChI is InChI=1S/C16H22N2O2S/c1-11-7-12(2)9-18(8-11)15(19)10-20-14-6-4-3-5-13(14)16(17)21/h3-6,11-12H,7-10H2,1-2H3,(H2,17,21). The molecule has 1 saturated heterocycles. The molecule has 21 heavy (non-hydrogen) atoms. The first kappa shape index (κ1) is 15.8. The summed E-state index contributed by atoms with van der Waals surface area (Å²) in [6.07, 6.45) is 1.18. The summed E-state index contributed by atoms with van der Waals surface area (Å²) in [7, 11) is 0. The minimum atomic E-state index is 0.0196. The fourth-order valence-corrected chi connectivity index (χ4v) is 3.06. The minimum Gasteiger partial charge on any atom is -0.483 e. The van der Waals surface area contributed by atoms with Crippen molar-refractivity contribution in [2.45, 2.75) is 20.3 Å². The lowest BCUT2D eigenvalue weighted by Crippen LogP contribution is -2.44. The lowest BCUT2D eigenvalue weighted by atomic mass is 9.92. The number of ether oxygens (including phenoxy) is 1. The Bertz CT molecular complexity index is 523. The summed E-state index contributed by atoms with van der Waals surface area (Å²) in [5, 5.41) is 0. The maximum absolute atomic E-state index is 12.3. The molecule has 0 aromatic heterocycles. The van der Waals surface area contributed by atoms with Crippen LogP contribution in [0.15, 0.2) is 24.3 Å². The van der Waals surface area contributed by atoms with Gasteiger partial charge in [-0.05, 0) is 30.4 Å². The van der Waals surface area contributed by atoms with Gasteiger partial charge >= 0.3 is 0 Å². The largest absolute Gasteiger partial charge is 0.483 e. The molecule has 1 heterocycles. The van der Waals surface area contributed by atoms with E-state index in [1.165, 1.54) is 6.42 Å². The number of carbonyl (C=O) groups is 1. The van der Waals surface area contributed by atoms with E-state index in [0.29, 0.717) is 23.1 Å². The van der Waals surface area contributed by atoms with Crippen LogP contribution in [0.2, 0.25) is 0 Å². The zero-order chi connectivity index (χ0) is 15.4. The van der Waals surface area contributed by atoms with Crippen molar-refractivity contribution in [2.75, 3.05) is 19.7 Å². The van der Waals surface area contributed by atoms with E-state index in [4.69, 9.17) is 22.7 Å². The predicted octanol–water partition coefficient (Wildman–Crippen LogP) is 2.20. The summed E-state index contributed by atoms with van der Waals surface area (Å²) in [4.78, 5) is 14.4. The molecular weight excluding hydrogens is 284 g/mol. The number of nitrogens with two attached hydrogens (primary N) is 1. The number of rotatable bonds is 4. The fraction of sp³-hybridized carbons (Fsp3) is 0.500. The SMILES string of the molecule is CC1CC(C)CN(C(=O)COc2ccccc2C(N)=S)C1. The van der Waals surface area contributed by atoms with E-state index in [0.717, 1.165) is 13.1 Å². The van der Waals surface area contributed by atoms with Crippen molar-refractivity contribution < 1.29 is 9.53 Å². The summed E-state index contributed by atoms with van der Waals surface area (Å²) >= 11 is 4.99. The highest BCUT2D eigenvalue weighted by Gasteiger charge is 2.25. The molecule has 1 fully saturated rings. The Balaban J connectivity index is 1.97. The molecule has 4 nitrogen and oxygen atoms in total. The van der Waals surface area contributed by atoms with Gasteiger partial charge in [0.05, 0.1) is 5.56 Å². The highest BCUT2D eigenvalue weighted by atomic mass is 32.1. The van der Waals surface area contributed by atoms with Gasteiger partial charge in [0, 0.05) is 13.1 Å². The predicted molar refractivity (Wildman–Crippen MR) is 87.3 cm³/mol. The minimum absolute atomic E-state index is 0.0196. The molecule has 0 aliphatic carbocycles. The topological polar surface area (TPSA) is 55.6 Å². The molecule has 1 aliphatic rings. The number of para-hydroxylation sites is 1. The van der Waals surface area contributed by atoms with Crippen LogP contribution >= 0.6 is 12.2 Å². The second-order valence-electron chi connectivity index (χ2n) is 5.89. The average Bonchev–Trinajstić information content (AvgIpc) is 2.43. The molecule has 5 heteroatoms. The van der Waals surface area contributed by atoms with E-state index in [-0.39, 0.29) is 17.5 Å². The lowest BCUT2D eigenvalue weighted by molar-refractivity contribution is -0.136. The number of nitrogens with zero attached hydrogens (tertiary/aromatic N) is 1. The maximum Gasteiger partial charge on any atom is 0.260 e. The molecule has 2 N–H and O–H groups in total. The van der Waals surface area contributed by atoms with Gasteiger partial charge in [-0.25, -0.2) is 0 Å². The second kappa shape index (κ2) is 6.89. The maximum atomic E-state index is 12.3. The van der Waals surface area contributed by atoms with Crippen LogP contribution in [0.1, 0.15) is 25.8 Å². The summed E-state index contributed by atoms with van der Waals surface area (Å²) in [6, 6.07) is 7.26. The van der Waals surface area contributed by atoms with E-state index < -0.39 is 0 Å². The summed E-state index contributed by atoms with van der Waals surface area (Å²) < 4.78 is 5.63. The van der Waals surface area contributed by atoms with Gasteiger partial charge in [0.2, 0.25) is 0 Å². The molecule has 2 atom stereocenters. The molecule has 0 spiro atoms.